The average Bonchev–Trinajstić information content (AvgIpc) is 2.62. The molecule has 1 unspecified atom stereocenters. The molecule has 2 aromatic carbocycles. The molecule has 1 aliphatic heterocycles. The Morgan fingerprint density at radius 3 is 2.58 bits per heavy atom. The van der Waals surface area contributed by atoms with Crippen molar-refractivity contribution < 1.29 is 19.0 Å². The van der Waals surface area contributed by atoms with Crippen molar-refractivity contribution in [1.82, 2.24) is 0 Å². The summed E-state index contributed by atoms with van der Waals surface area (Å²) in [6.45, 7) is 7.08. The van der Waals surface area contributed by atoms with E-state index >= 15 is 0 Å². The Morgan fingerprint density at radius 2 is 1.81 bits per heavy atom. The minimum Gasteiger partial charge on any atom is -0.489 e. The Kier molecular flexibility index (Phi) is 5.66. The molecule has 0 bridgehead atoms. The van der Waals surface area contributed by atoms with Gasteiger partial charge < -0.3 is 19.5 Å². The average molecular weight is 355 g/mol. The molecular weight excluding hydrogens is 330 g/mol. The number of hydrogen-bond donors (Lipinski definition) is 1. The first kappa shape index (κ1) is 18.1. The van der Waals surface area contributed by atoms with E-state index in [4.69, 9.17) is 14.2 Å². The quantitative estimate of drug-likeness (QED) is 0.835. The van der Waals surface area contributed by atoms with Crippen molar-refractivity contribution in [1.29, 1.82) is 0 Å². The Bertz CT molecular complexity index is 772. The van der Waals surface area contributed by atoms with Crippen LogP contribution in [0.3, 0.4) is 0 Å². The van der Waals surface area contributed by atoms with Crippen LogP contribution in [0, 0.1) is 0 Å². The highest BCUT2D eigenvalue weighted by atomic mass is 16.6. The molecule has 1 N–H and O–H groups in total. The second-order valence-corrected chi connectivity index (χ2v) is 6.72. The number of rotatable bonds is 6. The van der Waals surface area contributed by atoms with Crippen LogP contribution in [0.25, 0.3) is 0 Å². The van der Waals surface area contributed by atoms with Crippen molar-refractivity contribution in [2.45, 2.75) is 39.2 Å². The van der Waals surface area contributed by atoms with E-state index < -0.39 is 0 Å². The molecule has 0 aromatic heterocycles. The highest BCUT2D eigenvalue weighted by Gasteiger charge is 2.17. The molecule has 1 amide bonds. The molecule has 0 saturated carbocycles. The standard InChI is InChI=1S/C21H25NO4/c1-14(2)26-18-7-5-4-6-17(18)22-21(23)12-15(3)16-8-9-19-20(13-16)25-11-10-24-19/h4-9,13-15H,10-12H2,1-3H3,(H,22,23). The van der Waals surface area contributed by atoms with Gasteiger partial charge in [-0.05, 0) is 49.6 Å². The molecule has 0 saturated heterocycles. The predicted octanol–water partition coefficient (Wildman–Crippen LogP) is 4.38. The molecule has 1 heterocycles. The number of nitrogens with one attached hydrogen (secondary N) is 1. The van der Waals surface area contributed by atoms with Crippen molar-refractivity contribution in [3.63, 3.8) is 0 Å². The van der Waals surface area contributed by atoms with Gasteiger partial charge in [-0.1, -0.05) is 25.1 Å². The van der Waals surface area contributed by atoms with Crippen LogP contribution in [-0.2, 0) is 4.79 Å². The van der Waals surface area contributed by atoms with E-state index in [0.29, 0.717) is 31.1 Å². The van der Waals surface area contributed by atoms with E-state index in [0.717, 1.165) is 17.1 Å². The summed E-state index contributed by atoms with van der Waals surface area (Å²) in [4.78, 5) is 12.5. The third-order valence-electron chi connectivity index (χ3n) is 4.15. The van der Waals surface area contributed by atoms with Crippen LogP contribution < -0.4 is 19.5 Å². The molecule has 26 heavy (non-hydrogen) atoms. The van der Waals surface area contributed by atoms with Gasteiger partial charge in [-0.15, -0.1) is 0 Å². The number of carbonyl (C=O) groups is 1. The van der Waals surface area contributed by atoms with Crippen molar-refractivity contribution in [2.75, 3.05) is 18.5 Å². The maximum atomic E-state index is 12.5. The summed E-state index contributed by atoms with van der Waals surface area (Å²) in [5.41, 5.74) is 1.75. The van der Waals surface area contributed by atoms with Gasteiger partial charge in [0.2, 0.25) is 5.91 Å². The zero-order valence-corrected chi connectivity index (χ0v) is 15.5. The van der Waals surface area contributed by atoms with Gasteiger partial charge in [0.05, 0.1) is 11.8 Å². The topological polar surface area (TPSA) is 56.8 Å². The summed E-state index contributed by atoms with van der Waals surface area (Å²) in [5, 5.41) is 2.96. The van der Waals surface area contributed by atoms with E-state index in [9.17, 15) is 4.79 Å². The summed E-state index contributed by atoms with van der Waals surface area (Å²) >= 11 is 0. The fourth-order valence-electron chi connectivity index (χ4n) is 2.89. The van der Waals surface area contributed by atoms with Crippen LogP contribution >= 0.6 is 0 Å². The molecule has 0 aliphatic carbocycles. The molecule has 0 fully saturated rings. The summed E-state index contributed by atoms with van der Waals surface area (Å²) in [7, 11) is 0. The molecule has 5 nitrogen and oxygen atoms in total. The molecule has 0 radical (unpaired) electrons. The van der Waals surface area contributed by atoms with Gasteiger partial charge in [0.15, 0.2) is 11.5 Å². The van der Waals surface area contributed by atoms with Gasteiger partial charge in [0.25, 0.3) is 0 Å². The van der Waals surface area contributed by atoms with Gasteiger partial charge >= 0.3 is 0 Å². The van der Waals surface area contributed by atoms with Crippen LogP contribution in [0.1, 0.15) is 38.7 Å². The van der Waals surface area contributed by atoms with Gasteiger partial charge in [-0.25, -0.2) is 0 Å². The van der Waals surface area contributed by atoms with E-state index in [1.165, 1.54) is 0 Å². The number of benzene rings is 2. The normalized spacial score (nSPS) is 14.0. The van der Waals surface area contributed by atoms with E-state index in [1.54, 1.807) is 0 Å². The molecule has 138 valence electrons. The second-order valence-electron chi connectivity index (χ2n) is 6.72. The van der Waals surface area contributed by atoms with Crippen LogP contribution in [-0.4, -0.2) is 25.2 Å². The Balaban J connectivity index is 1.65. The predicted molar refractivity (Wildman–Crippen MR) is 101 cm³/mol. The van der Waals surface area contributed by atoms with Gasteiger partial charge in [0, 0.05) is 6.42 Å². The Morgan fingerprint density at radius 1 is 1.08 bits per heavy atom. The summed E-state index contributed by atoms with van der Waals surface area (Å²) in [6.07, 6.45) is 0.417. The highest BCUT2D eigenvalue weighted by molar-refractivity contribution is 5.92. The lowest BCUT2D eigenvalue weighted by Crippen LogP contribution is -2.17. The summed E-state index contributed by atoms with van der Waals surface area (Å²) in [6, 6.07) is 13.3. The fourth-order valence-corrected chi connectivity index (χ4v) is 2.89. The molecule has 2 aromatic rings. The smallest absolute Gasteiger partial charge is 0.225 e. The highest BCUT2D eigenvalue weighted by Crippen LogP contribution is 2.34. The van der Waals surface area contributed by atoms with E-state index in [2.05, 4.69) is 5.32 Å². The molecule has 5 heteroatoms. The zero-order chi connectivity index (χ0) is 18.5. The monoisotopic (exact) mass is 355 g/mol. The number of hydrogen-bond acceptors (Lipinski definition) is 4. The zero-order valence-electron chi connectivity index (χ0n) is 15.5. The largest absolute Gasteiger partial charge is 0.489 e. The third kappa shape index (κ3) is 4.48. The van der Waals surface area contributed by atoms with E-state index in [1.807, 2.05) is 63.2 Å². The number of ether oxygens (including phenoxy) is 3. The van der Waals surface area contributed by atoms with Crippen molar-refractivity contribution in [3.05, 3.63) is 48.0 Å². The maximum Gasteiger partial charge on any atom is 0.225 e. The van der Waals surface area contributed by atoms with E-state index in [-0.39, 0.29) is 17.9 Å². The number of para-hydroxylation sites is 2. The number of fused-ring (bicyclic) bond motifs is 1. The van der Waals surface area contributed by atoms with Gasteiger partial charge in [-0.3, -0.25) is 4.79 Å². The first-order valence-electron chi connectivity index (χ1n) is 8.98. The Labute approximate surface area is 154 Å². The summed E-state index contributed by atoms with van der Waals surface area (Å²) in [5.74, 6) is 2.20. The fraction of sp³-hybridized carbons (Fsp3) is 0.381. The first-order chi connectivity index (χ1) is 12.5. The molecule has 3 rings (SSSR count). The Hall–Kier alpha value is -2.69. The second kappa shape index (κ2) is 8.13. The first-order valence-corrected chi connectivity index (χ1v) is 8.98. The molecular formula is C21H25NO4. The molecule has 1 atom stereocenters. The SMILES string of the molecule is CC(C)Oc1ccccc1NC(=O)CC(C)c1ccc2c(c1)OCCO2. The minimum absolute atomic E-state index is 0.0460. The molecule has 0 spiro atoms. The lowest BCUT2D eigenvalue weighted by Gasteiger charge is -2.20. The van der Waals surface area contributed by atoms with Crippen LogP contribution in [0.5, 0.6) is 17.2 Å². The van der Waals surface area contributed by atoms with Gasteiger partial charge in [-0.2, -0.15) is 0 Å². The van der Waals surface area contributed by atoms with Gasteiger partial charge in [0.1, 0.15) is 19.0 Å². The van der Waals surface area contributed by atoms with Crippen molar-refractivity contribution in [2.24, 2.45) is 0 Å². The minimum atomic E-state index is -0.0489. The maximum absolute atomic E-state index is 12.5. The number of carbonyl (C=O) groups excluding carboxylic acids is 1. The van der Waals surface area contributed by atoms with Crippen LogP contribution in [0.4, 0.5) is 5.69 Å². The number of amides is 1. The van der Waals surface area contributed by atoms with Crippen LogP contribution in [0.2, 0.25) is 0 Å². The van der Waals surface area contributed by atoms with Crippen molar-refractivity contribution >= 4 is 11.6 Å². The van der Waals surface area contributed by atoms with Crippen molar-refractivity contribution in [3.8, 4) is 17.2 Å². The molecule has 1 aliphatic rings. The lowest BCUT2D eigenvalue weighted by atomic mass is 9.97. The third-order valence-corrected chi connectivity index (χ3v) is 4.15. The number of anilines is 1. The van der Waals surface area contributed by atoms with Crippen LogP contribution in [0.15, 0.2) is 42.5 Å². The lowest BCUT2D eigenvalue weighted by molar-refractivity contribution is -0.116. The summed E-state index contributed by atoms with van der Waals surface area (Å²) < 4.78 is 16.9.